The Morgan fingerprint density at radius 2 is 1.61 bits per heavy atom. The van der Waals surface area contributed by atoms with Crippen LogP contribution in [-0.4, -0.2) is 11.7 Å². The third-order valence-corrected chi connectivity index (χ3v) is 3.94. The van der Waals surface area contributed by atoms with E-state index in [4.69, 9.17) is 28.9 Å². The number of hydrogen-bond donors (Lipinski definition) is 2. The van der Waals surface area contributed by atoms with Crippen molar-refractivity contribution in [3.05, 3.63) is 57.6 Å². The molecule has 0 fully saturated rings. The van der Waals surface area contributed by atoms with Gasteiger partial charge in [-0.15, -0.1) is 0 Å². The van der Waals surface area contributed by atoms with Gasteiger partial charge >= 0.3 is 0 Å². The van der Waals surface area contributed by atoms with Gasteiger partial charge in [0.2, 0.25) is 5.91 Å². The molecule has 0 bridgehead atoms. The van der Waals surface area contributed by atoms with Crippen LogP contribution in [0.25, 0.3) is 0 Å². The van der Waals surface area contributed by atoms with E-state index in [2.05, 4.69) is 5.32 Å². The summed E-state index contributed by atoms with van der Waals surface area (Å²) in [5.41, 5.74) is 8.02. The zero-order chi connectivity index (χ0) is 17.0. The molecule has 0 aliphatic rings. The van der Waals surface area contributed by atoms with E-state index in [-0.39, 0.29) is 40.3 Å². The maximum atomic E-state index is 12.0. The molecule has 120 valence electrons. The molecule has 3 N–H and O–H groups in total. The van der Waals surface area contributed by atoms with Crippen LogP contribution >= 0.6 is 23.2 Å². The highest BCUT2D eigenvalue weighted by atomic mass is 35.5. The molecule has 2 aromatic rings. The lowest BCUT2D eigenvalue weighted by molar-refractivity contribution is -0.116. The van der Waals surface area contributed by atoms with Gasteiger partial charge in [-0.1, -0.05) is 53.0 Å². The number of aryl methyl sites for hydroxylation is 1. The molecule has 0 radical (unpaired) electrons. The van der Waals surface area contributed by atoms with Gasteiger partial charge in [0.05, 0.1) is 15.7 Å². The molecule has 2 rings (SSSR count). The van der Waals surface area contributed by atoms with Gasteiger partial charge in [-0.2, -0.15) is 0 Å². The number of hydrogen-bond acceptors (Lipinski definition) is 3. The Labute approximate surface area is 144 Å². The quantitative estimate of drug-likeness (QED) is 0.616. The van der Waals surface area contributed by atoms with E-state index >= 15 is 0 Å². The Morgan fingerprint density at radius 3 is 2.17 bits per heavy atom. The largest absolute Gasteiger partial charge is 0.396 e. The van der Waals surface area contributed by atoms with Gasteiger partial charge in [0.1, 0.15) is 0 Å². The minimum atomic E-state index is -0.289. The van der Waals surface area contributed by atoms with Gasteiger partial charge in [0, 0.05) is 24.1 Å². The average Bonchev–Trinajstić information content (AvgIpc) is 2.51. The summed E-state index contributed by atoms with van der Waals surface area (Å²) in [6, 6.07) is 10.3. The lowest BCUT2D eigenvalue weighted by Crippen LogP contribution is -2.13. The Bertz CT molecular complexity index is 720. The summed E-state index contributed by atoms with van der Waals surface area (Å²) in [5, 5.41) is 3.19. The van der Waals surface area contributed by atoms with Crippen LogP contribution in [0, 0.1) is 6.92 Å². The third-order valence-electron chi connectivity index (χ3n) is 3.32. The maximum Gasteiger partial charge on any atom is 0.224 e. The van der Waals surface area contributed by atoms with Crippen LogP contribution in [0.2, 0.25) is 10.0 Å². The van der Waals surface area contributed by atoms with Crippen molar-refractivity contribution >= 4 is 46.3 Å². The first-order chi connectivity index (χ1) is 10.9. The molecule has 0 saturated carbocycles. The van der Waals surface area contributed by atoms with Crippen molar-refractivity contribution in [2.24, 2.45) is 0 Å². The highest BCUT2D eigenvalue weighted by Gasteiger charge is 2.11. The number of anilines is 2. The van der Waals surface area contributed by atoms with Crippen LogP contribution in [0.4, 0.5) is 11.4 Å². The second-order valence-corrected chi connectivity index (χ2v) is 6.01. The average molecular weight is 351 g/mol. The van der Waals surface area contributed by atoms with E-state index in [1.807, 2.05) is 19.1 Å². The lowest BCUT2D eigenvalue weighted by Gasteiger charge is -2.08. The normalized spacial score (nSPS) is 10.4. The third kappa shape index (κ3) is 4.71. The van der Waals surface area contributed by atoms with E-state index < -0.39 is 0 Å². The van der Waals surface area contributed by atoms with Gasteiger partial charge in [-0.05, 0) is 19.1 Å². The lowest BCUT2D eigenvalue weighted by atomic mass is 10.0. The number of carbonyl (C=O) groups is 2. The molecule has 0 aliphatic carbocycles. The van der Waals surface area contributed by atoms with E-state index in [0.717, 1.165) is 5.56 Å². The molecule has 1 amide bonds. The second-order valence-electron chi connectivity index (χ2n) is 5.19. The van der Waals surface area contributed by atoms with Crippen molar-refractivity contribution in [3.8, 4) is 0 Å². The summed E-state index contributed by atoms with van der Waals surface area (Å²) >= 11 is 11.8. The fraction of sp³-hybridized carbons (Fsp3) is 0.176. The number of ketones is 1. The van der Waals surface area contributed by atoms with Gasteiger partial charge < -0.3 is 11.1 Å². The van der Waals surface area contributed by atoms with Gasteiger partial charge in [0.25, 0.3) is 0 Å². The number of carbonyl (C=O) groups excluding carboxylic acids is 2. The van der Waals surface area contributed by atoms with Crippen molar-refractivity contribution < 1.29 is 9.59 Å². The summed E-state index contributed by atoms with van der Waals surface area (Å²) in [6.07, 6.45) is 0.206. The summed E-state index contributed by atoms with van der Waals surface area (Å²) < 4.78 is 0. The number of nitrogen functional groups attached to an aromatic ring is 1. The minimum Gasteiger partial charge on any atom is -0.396 e. The SMILES string of the molecule is Cc1ccc(C(=O)CCC(=O)Nc2cc(Cl)c(N)c(Cl)c2)cc1. The molecule has 2 aromatic carbocycles. The zero-order valence-electron chi connectivity index (χ0n) is 12.5. The first kappa shape index (κ1) is 17.3. The van der Waals surface area contributed by atoms with Gasteiger partial charge in [-0.3, -0.25) is 9.59 Å². The number of nitrogens with one attached hydrogen (secondary N) is 1. The molecule has 0 aliphatic heterocycles. The Hall–Kier alpha value is -2.04. The van der Waals surface area contributed by atoms with Crippen LogP contribution in [0.15, 0.2) is 36.4 Å². The van der Waals surface area contributed by atoms with Crippen LogP contribution in [0.1, 0.15) is 28.8 Å². The number of halogens is 2. The Kier molecular flexibility index (Phi) is 5.64. The topological polar surface area (TPSA) is 72.2 Å². The number of Topliss-reactive ketones (excluding diaryl/α,β-unsaturated/α-hetero) is 1. The van der Waals surface area contributed by atoms with Gasteiger partial charge in [0.15, 0.2) is 5.78 Å². The fourth-order valence-corrected chi connectivity index (χ4v) is 2.48. The number of amides is 1. The molecule has 0 unspecified atom stereocenters. The van der Waals surface area contributed by atoms with Gasteiger partial charge in [-0.25, -0.2) is 0 Å². The minimum absolute atomic E-state index is 0.0754. The summed E-state index contributed by atoms with van der Waals surface area (Å²) in [6.45, 7) is 1.95. The summed E-state index contributed by atoms with van der Waals surface area (Å²) in [7, 11) is 0. The smallest absolute Gasteiger partial charge is 0.224 e. The van der Waals surface area contributed by atoms with Crippen molar-refractivity contribution in [3.63, 3.8) is 0 Å². The molecule has 0 aromatic heterocycles. The van der Waals surface area contributed by atoms with Crippen molar-refractivity contribution in [1.82, 2.24) is 0 Å². The molecular weight excluding hydrogens is 335 g/mol. The molecule has 0 heterocycles. The predicted molar refractivity (Wildman–Crippen MR) is 94.2 cm³/mol. The van der Waals surface area contributed by atoms with Crippen LogP contribution in [0.3, 0.4) is 0 Å². The Morgan fingerprint density at radius 1 is 1.04 bits per heavy atom. The highest BCUT2D eigenvalue weighted by molar-refractivity contribution is 6.39. The molecule has 0 atom stereocenters. The summed E-state index contributed by atoms with van der Waals surface area (Å²) in [4.78, 5) is 24.0. The van der Waals surface area contributed by atoms with E-state index in [9.17, 15) is 9.59 Å². The first-order valence-corrected chi connectivity index (χ1v) is 7.76. The summed E-state index contributed by atoms with van der Waals surface area (Å²) in [5.74, 6) is -0.365. The number of nitrogens with two attached hydrogens (primary N) is 1. The molecule has 0 saturated heterocycles. The molecule has 23 heavy (non-hydrogen) atoms. The van der Waals surface area contributed by atoms with Crippen molar-refractivity contribution in [2.45, 2.75) is 19.8 Å². The predicted octanol–water partition coefficient (Wildman–Crippen LogP) is 4.49. The molecule has 6 heteroatoms. The van der Waals surface area contributed by atoms with Crippen LogP contribution in [-0.2, 0) is 4.79 Å². The molecular formula is C17H16Cl2N2O2. The standard InChI is InChI=1S/C17H16Cl2N2O2/c1-10-2-4-11(5-3-10)15(22)6-7-16(23)21-12-8-13(18)17(20)14(19)9-12/h2-5,8-9H,6-7,20H2,1H3,(H,21,23). The number of benzene rings is 2. The molecule has 0 spiro atoms. The van der Waals surface area contributed by atoms with E-state index in [1.54, 1.807) is 12.1 Å². The first-order valence-electron chi connectivity index (χ1n) is 7.01. The van der Waals surface area contributed by atoms with Crippen molar-refractivity contribution in [2.75, 3.05) is 11.1 Å². The highest BCUT2D eigenvalue weighted by Crippen LogP contribution is 2.31. The second kappa shape index (κ2) is 7.49. The Balaban J connectivity index is 1.92. The fourth-order valence-electron chi connectivity index (χ4n) is 1.99. The zero-order valence-corrected chi connectivity index (χ0v) is 14.0. The van der Waals surface area contributed by atoms with E-state index in [0.29, 0.717) is 11.3 Å². The van der Waals surface area contributed by atoms with E-state index in [1.165, 1.54) is 12.1 Å². The molecule has 4 nitrogen and oxygen atoms in total. The maximum absolute atomic E-state index is 12.0. The van der Waals surface area contributed by atoms with Crippen LogP contribution in [0.5, 0.6) is 0 Å². The monoisotopic (exact) mass is 350 g/mol. The van der Waals surface area contributed by atoms with Crippen LogP contribution < -0.4 is 11.1 Å². The van der Waals surface area contributed by atoms with Crippen molar-refractivity contribution in [1.29, 1.82) is 0 Å². The number of rotatable bonds is 5.